The summed E-state index contributed by atoms with van der Waals surface area (Å²) in [5.74, 6) is -0.221. The van der Waals surface area contributed by atoms with Gasteiger partial charge in [-0.1, -0.05) is 0 Å². The number of rotatable bonds is 3. The first kappa shape index (κ1) is 13.1. The highest BCUT2D eigenvalue weighted by molar-refractivity contribution is 14.1. The van der Waals surface area contributed by atoms with Crippen LogP contribution in [0.1, 0.15) is 6.92 Å². The highest BCUT2D eigenvalue weighted by atomic mass is 127. The topological polar surface area (TPSA) is 29.3 Å². The van der Waals surface area contributed by atoms with Gasteiger partial charge in [0.05, 0.1) is 5.69 Å². The van der Waals surface area contributed by atoms with Crippen LogP contribution in [0.4, 0.5) is 21.5 Å². The van der Waals surface area contributed by atoms with Gasteiger partial charge in [-0.2, -0.15) is 0 Å². The largest absolute Gasteiger partial charge is 0.399 e. The van der Waals surface area contributed by atoms with Crippen LogP contribution in [-0.4, -0.2) is 6.54 Å². The van der Waals surface area contributed by atoms with Crippen LogP contribution in [0.15, 0.2) is 42.5 Å². The predicted molar refractivity (Wildman–Crippen MR) is 82.7 cm³/mol. The Hall–Kier alpha value is -1.30. The quantitative estimate of drug-likeness (QED) is 0.661. The third-order valence-corrected chi connectivity index (χ3v) is 3.58. The molecule has 18 heavy (non-hydrogen) atoms. The smallest absolute Gasteiger partial charge is 0.123 e. The highest BCUT2D eigenvalue weighted by Gasteiger charge is 2.10. The van der Waals surface area contributed by atoms with E-state index in [0.29, 0.717) is 0 Å². The highest BCUT2D eigenvalue weighted by Crippen LogP contribution is 2.30. The lowest BCUT2D eigenvalue weighted by Gasteiger charge is -2.24. The van der Waals surface area contributed by atoms with Crippen molar-refractivity contribution in [1.29, 1.82) is 0 Å². The summed E-state index contributed by atoms with van der Waals surface area (Å²) in [6.07, 6.45) is 0. The number of anilines is 3. The summed E-state index contributed by atoms with van der Waals surface area (Å²) in [5, 5.41) is 0. The van der Waals surface area contributed by atoms with Gasteiger partial charge >= 0.3 is 0 Å². The fraction of sp³-hybridized carbons (Fsp3) is 0.143. The van der Waals surface area contributed by atoms with E-state index in [4.69, 9.17) is 5.73 Å². The maximum absolute atomic E-state index is 13.0. The molecule has 4 heteroatoms. The average molecular weight is 356 g/mol. The molecule has 0 aliphatic rings. The lowest BCUT2D eigenvalue weighted by molar-refractivity contribution is 0.628. The summed E-state index contributed by atoms with van der Waals surface area (Å²) in [5.41, 5.74) is 8.56. The molecule has 2 N–H and O–H groups in total. The number of halogens is 2. The second-order valence-electron chi connectivity index (χ2n) is 3.93. The van der Waals surface area contributed by atoms with E-state index in [1.165, 1.54) is 12.1 Å². The summed E-state index contributed by atoms with van der Waals surface area (Å²) < 4.78 is 14.0. The van der Waals surface area contributed by atoms with Crippen LogP contribution in [0.5, 0.6) is 0 Å². The molecule has 0 heterocycles. The van der Waals surface area contributed by atoms with Crippen LogP contribution in [0.3, 0.4) is 0 Å². The normalized spacial score (nSPS) is 10.4. The molecular formula is C14H14FIN2. The van der Waals surface area contributed by atoms with Gasteiger partial charge < -0.3 is 10.6 Å². The number of benzene rings is 2. The zero-order chi connectivity index (χ0) is 13.1. The van der Waals surface area contributed by atoms with Crippen molar-refractivity contribution < 1.29 is 4.39 Å². The van der Waals surface area contributed by atoms with E-state index in [2.05, 4.69) is 34.4 Å². The van der Waals surface area contributed by atoms with Crippen molar-refractivity contribution in [2.75, 3.05) is 17.2 Å². The van der Waals surface area contributed by atoms with Gasteiger partial charge in [0.1, 0.15) is 5.82 Å². The molecule has 0 bridgehead atoms. The van der Waals surface area contributed by atoms with Crippen LogP contribution >= 0.6 is 22.6 Å². The van der Waals surface area contributed by atoms with Crippen LogP contribution in [-0.2, 0) is 0 Å². The molecule has 0 atom stereocenters. The Bertz CT molecular complexity index is 540. The third kappa shape index (κ3) is 2.75. The molecule has 0 radical (unpaired) electrons. The maximum atomic E-state index is 13.0. The van der Waals surface area contributed by atoms with Crippen molar-refractivity contribution >= 4 is 39.7 Å². The SMILES string of the molecule is CCN(c1ccc(F)cc1)c1ccc(N)cc1I. The van der Waals surface area contributed by atoms with Crippen molar-refractivity contribution in [3.8, 4) is 0 Å². The first-order chi connectivity index (χ1) is 8.61. The van der Waals surface area contributed by atoms with Gasteiger partial charge in [-0.25, -0.2) is 4.39 Å². The average Bonchev–Trinajstić information content (AvgIpc) is 2.35. The minimum atomic E-state index is -0.221. The van der Waals surface area contributed by atoms with E-state index in [-0.39, 0.29) is 5.82 Å². The minimum absolute atomic E-state index is 0.221. The Kier molecular flexibility index (Phi) is 4.06. The van der Waals surface area contributed by atoms with Crippen molar-refractivity contribution in [1.82, 2.24) is 0 Å². The Labute approximate surface area is 120 Å². The van der Waals surface area contributed by atoms with Gasteiger partial charge in [0.2, 0.25) is 0 Å². The molecule has 94 valence electrons. The molecule has 0 unspecified atom stereocenters. The zero-order valence-corrected chi connectivity index (χ0v) is 12.2. The second kappa shape index (κ2) is 5.56. The molecule has 0 aliphatic carbocycles. The van der Waals surface area contributed by atoms with Crippen LogP contribution in [0.25, 0.3) is 0 Å². The molecule has 0 aromatic heterocycles. The van der Waals surface area contributed by atoms with E-state index >= 15 is 0 Å². The molecule has 0 saturated heterocycles. The maximum Gasteiger partial charge on any atom is 0.123 e. The summed E-state index contributed by atoms with van der Waals surface area (Å²) >= 11 is 2.26. The zero-order valence-electron chi connectivity index (χ0n) is 10.0. The number of nitrogen functional groups attached to an aromatic ring is 1. The van der Waals surface area contributed by atoms with Gasteiger partial charge in [-0.15, -0.1) is 0 Å². The molecule has 0 spiro atoms. The van der Waals surface area contributed by atoms with Crippen LogP contribution < -0.4 is 10.6 Å². The standard InChI is InChI=1S/C14H14FIN2/c1-2-18(12-6-3-10(15)4-7-12)14-8-5-11(17)9-13(14)16/h3-9H,2,17H2,1H3. The lowest BCUT2D eigenvalue weighted by atomic mass is 10.2. The summed E-state index contributed by atoms with van der Waals surface area (Å²) in [4.78, 5) is 2.13. The summed E-state index contributed by atoms with van der Waals surface area (Å²) in [6.45, 7) is 2.88. The molecule has 2 nitrogen and oxygen atoms in total. The van der Waals surface area contributed by atoms with Crippen molar-refractivity contribution in [2.45, 2.75) is 6.92 Å². The Morgan fingerprint density at radius 2 is 1.83 bits per heavy atom. The Morgan fingerprint density at radius 3 is 2.39 bits per heavy atom. The second-order valence-corrected chi connectivity index (χ2v) is 5.09. The van der Waals surface area contributed by atoms with Crippen molar-refractivity contribution in [3.63, 3.8) is 0 Å². The third-order valence-electron chi connectivity index (χ3n) is 2.72. The van der Waals surface area contributed by atoms with Gasteiger partial charge in [0.15, 0.2) is 0 Å². The van der Waals surface area contributed by atoms with Gasteiger partial charge in [0, 0.05) is 21.5 Å². The number of hydrogen-bond donors (Lipinski definition) is 1. The predicted octanol–water partition coefficient (Wildman–Crippen LogP) is 4.17. The summed E-state index contributed by atoms with van der Waals surface area (Å²) in [6, 6.07) is 12.3. The monoisotopic (exact) mass is 356 g/mol. The number of nitrogens with two attached hydrogens (primary N) is 1. The van der Waals surface area contributed by atoms with Gasteiger partial charge in [-0.05, 0) is 72.0 Å². The molecule has 0 aliphatic heterocycles. The van der Waals surface area contributed by atoms with E-state index in [9.17, 15) is 4.39 Å². The fourth-order valence-corrected chi connectivity index (χ4v) is 2.69. The number of nitrogens with zero attached hydrogens (tertiary/aromatic N) is 1. The summed E-state index contributed by atoms with van der Waals surface area (Å²) in [7, 11) is 0. The van der Waals surface area contributed by atoms with Crippen LogP contribution in [0.2, 0.25) is 0 Å². The molecule has 2 aromatic rings. The number of hydrogen-bond acceptors (Lipinski definition) is 2. The van der Waals surface area contributed by atoms with E-state index in [1.54, 1.807) is 12.1 Å². The Balaban J connectivity index is 2.41. The molecule has 0 amide bonds. The molecular weight excluding hydrogens is 342 g/mol. The molecule has 0 fully saturated rings. The Morgan fingerprint density at radius 1 is 1.17 bits per heavy atom. The van der Waals surface area contributed by atoms with Gasteiger partial charge in [0.25, 0.3) is 0 Å². The molecule has 2 rings (SSSR count). The van der Waals surface area contributed by atoms with E-state index in [0.717, 1.165) is 27.2 Å². The minimum Gasteiger partial charge on any atom is -0.399 e. The van der Waals surface area contributed by atoms with Crippen molar-refractivity contribution in [2.24, 2.45) is 0 Å². The fourth-order valence-electron chi connectivity index (χ4n) is 1.86. The molecule has 2 aromatic carbocycles. The first-order valence-electron chi connectivity index (χ1n) is 5.70. The first-order valence-corrected chi connectivity index (χ1v) is 6.78. The lowest BCUT2D eigenvalue weighted by Crippen LogP contribution is -2.17. The molecule has 0 saturated carbocycles. The van der Waals surface area contributed by atoms with Crippen molar-refractivity contribution in [3.05, 3.63) is 51.9 Å². The van der Waals surface area contributed by atoms with Gasteiger partial charge in [-0.3, -0.25) is 0 Å². The van der Waals surface area contributed by atoms with E-state index < -0.39 is 0 Å². The van der Waals surface area contributed by atoms with E-state index in [1.807, 2.05) is 18.2 Å². The van der Waals surface area contributed by atoms with Crippen LogP contribution in [0, 0.1) is 9.39 Å².